The van der Waals surface area contributed by atoms with Crippen LogP contribution in [-0.2, 0) is 12.8 Å². The average Bonchev–Trinajstić information content (AvgIpc) is 3.18. The number of carbonyl (C=O) groups is 1. The van der Waals surface area contributed by atoms with Crippen molar-refractivity contribution in [2.45, 2.75) is 26.7 Å². The fourth-order valence-electron chi connectivity index (χ4n) is 3.02. The molecule has 1 aromatic heterocycles. The Kier molecular flexibility index (Phi) is 6.22. The highest BCUT2D eigenvalue weighted by atomic mass is 16.5. The second-order valence-electron chi connectivity index (χ2n) is 6.47. The summed E-state index contributed by atoms with van der Waals surface area (Å²) in [5, 5.41) is 6.93. The van der Waals surface area contributed by atoms with Crippen LogP contribution in [0.25, 0.3) is 11.5 Å². The van der Waals surface area contributed by atoms with Crippen LogP contribution in [0.2, 0.25) is 0 Å². The van der Waals surface area contributed by atoms with Crippen molar-refractivity contribution in [2.75, 3.05) is 39.3 Å². The van der Waals surface area contributed by atoms with Gasteiger partial charge in [-0.1, -0.05) is 31.1 Å². The number of piperazine rings is 1. The number of aryl methyl sites for hydroxylation is 1. The summed E-state index contributed by atoms with van der Waals surface area (Å²) in [5.74, 6) is 1.26. The van der Waals surface area contributed by atoms with Gasteiger partial charge >= 0.3 is 6.03 Å². The summed E-state index contributed by atoms with van der Waals surface area (Å²) in [5.41, 5.74) is 2.08. The summed E-state index contributed by atoms with van der Waals surface area (Å²) in [6, 6.07) is 8.08. The molecule has 0 saturated carbocycles. The second-order valence-corrected chi connectivity index (χ2v) is 6.47. The molecule has 1 aliphatic rings. The zero-order valence-electron chi connectivity index (χ0n) is 15.6. The number of amides is 2. The van der Waals surface area contributed by atoms with Crippen LogP contribution < -0.4 is 5.32 Å². The molecule has 0 radical (unpaired) electrons. The third-order valence-corrected chi connectivity index (χ3v) is 4.78. The largest absolute Gasteiger partial charge is 0.338 e. The first kappa shape index (κ1) is 18.4. The number of aromatic nitrogens is 2. The fourth-order valence-corrected chi connectivity index (χ4v) is 3.02. The number of hydrogen-bond donors (Lipinski definition) is 1. The Bertz CT molecular complexity index is 705. The molecule has 2 heterocycles. The summed E-state index contributed by atoms with van der Waals surface area (Å²) >= 11 is 0. The van der Waals surface area contributed by atoms with Gasteiger partial charge in [-0.15, -0.1) is 0 Å². The lowest BCUT2D eigenvalue weighted by Gasteiger charge is -2.34. The van der Waals surface area contributed by atoms with E-state index >= 15 is 0 Å². The van der Waals surface area contributed by atoms with E-state index in [-0.39, 0.29) is 6.03 Å². The molecule has 1 aliphatic heterocycles. The molecule has 0 unspecified atom stereocenters. The third kappa shape index (κ3) is 4.60. The van der Waals surface area contributed by atoms with Gasteiger partial charge in [0.2, 0.25) is 0 Å². The van der Waals surface area contributed by atoms with Crippen molar-refractivity contribution in [3.8, 4) is 11.5 Å². The maximum atomic E-state index is 12.2. The number of urea groups is 1. The molecule has 0 aliphatic carbocycles. The van der Waals surface area contributed by atoms with Crippen molar-refractivity contribution in [3.63, 3.8) is 0 Å². The minimum atomic E-state index is 0.0373. The highest BCUT2D eigenvalue weighted by molar-refractivity contribution is 5.74. The Balaban J connectivity index is 1.44. The molecule has 1 fully saturated rings. The van der Waals surface area contributed by atoms with E-state index in [9.17, 15) is 4.79 Å². The maximum Gasteiger partial charge on any atom is 0.317 e. The van der Waals surface area contributed by atoms with Crippen molar-refractivity contribution < 1.29 is 9.32 Å². The van der Waals surface area contributed by atoms with E-state index in [0.29, 0.717) is 18.3 Å². The quantitative estimate of drug-likeness (QED) is 0.858. The SMILES string of the molecule is CCc1noc(-c2ccc(CCNC(=O)N3CCN(CC)CC3)cc2)n1. The van der Waals surface area contributed by atoms with Crippen molar-refractivity contribution >= 4 is 6.03 Å². The number of nitrogens with zero attached hydrogens (tertiary/aromatic N) is 4. The monoisotopic (exact) mass is 357 g/mol. The van der Waals surface area contributed by atoms with Crippen molar-refractivity contribution in [3.05, 3.63) is 35.7 Å². The molecule has 26 heavy (non-hydrogen) atoms. The van der Waals surface area contributed by atoms with E-state index in [1.807, 2.05) is 36.1 Å². The van der Waals surface area contributed by atoms with Crippen LogP contribution in [-0.4, -0.2) is 65.2 Å². The first-order valence-corrected chi connectivity index (χ1v) is 9.36. The van der Waals surface area contributed by atoms with Gasteiger partial charge in [-0.25, -0.2) is 4.79 Å². The Morgan fingerprint density at radius 3 is 2.50 bits per heavy atom. The maximum absolute atomic E-state index is 12.2. The zero-order chi connectivity index (χ0) is 18.4. The van der Waals surface area contributed by atoms with Gasteiger partial charge in [0.05, 0.1) is 0 Å². The first-order valence-electron chi connectivity index (χ1n) is 9.36. The van der Waals surface area contributed by atoms with E-state index in [1.165, 1.54) is 5.56 Å². The van der Waals surface area contributed by atoms with Gasteiger partial charge < -0.3 is 19.6 Å². The van der Waals surface area contributed by atoms with Crippen LogP contribution in [0.1, 0.15) is 25.2 Å². The van der Waals surface area contributed by atoms with E-state index in [0.717, 1.165) is 51.1 Å². The van der Waals surface area contributed by atoms with Crippen molar-refractivity contribution in [2.24, 2.45) is 0 Å². The second kappa shape index (κ2) is 8.80. The number of likely N-dealkylation sites (N-methyl/N-ethyl adjacent to an activating group) is 1. The minimum Gasteiger partial charge on any atom is -0.338 e. The molecule has 7 heteroatoms. The van der Waals surface area contributed by atoms with Crippen LogP contribution in [0, 0.1) is 0 Å². The van der Waals surface area contributed by atoms with Crippen LogP contribution >= 0.6 is 0 Å². The lowest BCUT2D eigenvalue weighted by Crippen LogP contribution is -2.51. The molecular formula is C19H27N5O2. The molecule has 1 N–H and O–H groups in total. The molecule has 2 aromatic rings. The van der Waals surface area contributed by atoms with Gasteiger partial charge in [0.1, 0.15) is 0 Å². The Labute approximate surface area is 154 Å². The molecule has 7 nitrogen and oxygen atoms in total. The molecule has 0 spiro atoms. The predicted octanol–water partition coefficient (Wildman–Crippen LogP) is 2.19. The fraction of sp³-hybridized carbons (Fsp3) is 0.526. The van der Waals surface area contributed by atoms with Gasteiger partial charge in [-0.05, 0) is 30.7 Å². The summed E-state index contributed by atoms with van der Waals surface area (Å²) in [7, 11) is 0. The van der Waals surface area contributed by atoms with Gasteiger partial charge in [-0.3, -0.25) is 0 Å². The van der Waals surface area contributed by atoms with Crippen LogP contribution in [0.3, 0.4) is 0 Å². The van der Waals surface area contributed by atoms with Gasteiger partial charge in [0.25, 0.3) is 5.89 Å². The molecule has 1 saturated heterocycles. The van der Waals surface area contributed by atoms with E-state index in [4.69, 9.17) is 4.52 Å². The Morgan fingerprint density at radius 1 is 1.15 bits per heavy atom. The van der Waals surface area contributed by atoms with Gasteiger partial charge in [-0.2, -0.15) is 4.98 Å². The highest BCUT2D eigenvalue weighted by Crippen LogP contribution is 2.18. The average molecular weight is 357 g/mol. The lowest BCUT2D eigenvalue weighted by molar-refractivity contribution is 0.143. The molecule has 0 bridgehead atoms. The van der Waals surface area contributed by atoms with Crippen molar-refractivity contribution in [1.29, 1.82) is 0 Å². The van der Waals surface area contributed by atoms with Gasteiger partial charge in [0, 0.05) is 44.7 Å². The number of hydrogen-bond acceptors (Lipinski definition) is 5. The van der Waals surface area contributed by atoms with Crippen molar-refractivity contribution in [1.82, 2.24) is 25.3 Å². The summed E-state index contributed by atoms with van der Waals surface area (Å²) in [6.45, 7) is 9.36. The van der Waals surface area contributed by atoms with Crippen LogP contribution in [0.4, 0.5) is 4.79 Å². The first-order chi connectivity index (χ1) is 12.7. The topological polar surface area (TPSA) is 74.5 Å². The third-order valence-electron chi connectivity index (χ3n) is 4.78. The lowest BCUT2D eigenvalue weighted by atomic mass is 10.1. The summed E-state index contributed by atoms with van der Waals surface area (Å²) < 4.78 is 5.25. The van der Waals surface area contributed by atoms with Crippen LogP contribution in [0.5, 0.6) is 0 Å². The molecule has 140 valence electrons. The number of carbonyl (C=O) groups excluding carboxylic acids is 1. The summed E-state index contributed by atoms with van der Waals surface area (Å²) in [4.78, 5) is 20.8. The zero-order valence-corrected chi connectivity index (χ0v) is 15.6. The molecule has 2 amide bonds. The summed E-state index contributed by atoms with van der Waals surface area (Å²) in [6.07, 6.45) is 1.56. The molecule has 0 atom stereocenters. The normalized spacial score (nSPS) is 15.2. The van der Waals surface area contributed by atoms with E-state index < -0.39 is 0 Å². The smallest absolute Gasteiger partial charge is 0.317 e. The molecule has 3 rings (SSSR count). The number of rotatable bonds is 6. The number of benzene rings is 1. The van der Waals surface area contributed by atoms with Crippen LogP contribution in [0.15, 0.2) is 28.8 Å². The standard InChI is InChI=1S/C19H27N5O2/c1-3-17-21-18(26-22-17)16-7-5-15(6-8-16)9-10-20-19(25)24-13-11-23(4-2)12-14-24/h5-8H,3-4,9-14H2,1-2H3,(H,20,25). The Morgan fingerprint density at radius 2 is 1.88 bits per heavy atom. The minimum absolute atomic E-state index is 0.0373. The predicted molar refractivity (Wildman–Crippen MR) is 99.9 cm³/mol. The number of nitrogens with one attached hydrogen (secondary N) is 1. The molecule has 1 aromatic carbocycles. The highest BCUT2D eigenvalue weighted by Gasteiger charge is 2.19. The van der Waals surface area contributed by atoms with E-state index in [2.05, 4.69) is 27.3 Å². The molecular weight excluding hydrogens is 330 g/mol. The van der Waals surface area contributed by atoms with E-state index in [1.54, 1.807) is 0 Å². The van der Waals surface area contributed by atoms with Gasteiger partial charge in [0.15, 0.2) is 5.82 Å². The Hall–Kier alpha value is -2.41.